The van der Waals surface area contributed by atoms with E-state index in [1.54, 1.807) is 18.3 Å². The zero-order valence-corrected chi connectivity index (χ0v) is 23.5. The molecular formula is C28H27ClF2N8O4. The van der Waals surface area contributed by atoms with Gasteiger partial charge in [-0.1, -0.05) is 0 Å². The number of alkyl carbamates (subject to hydrolysis) is 1. The van der Waals surface area contributed by atoms with Crippen molar-refractivity contribution in [1.82, 2.24) is 20.5 Å². The summed E-state index contributed by atoms with van der Waals surface area (Å²) in [5.74, 6) is 2.53. The van der Waals surface area contributed by atoms with Crippen LogP contribution >= 0.6 is 11.6 Å². The Morgan fingerprint density at radius 3 is 2.70 bits per heavy atom. The maximum atomic E-state index is 13.0. The lowest BCUT2D eigenvalue weighted by Crippen LogP contribution is -2.33. The third-order valence-electron chi connectivity index (χ3n) is 6.83. The molecule has 0 unspecified atom stereocenters. The number of halogens is 3. The van der Waals surface area contributed by atoms with Crippen molar-refractivity contribution in [2.45, 2.75) is 43.0 Å². The summed E-state index contributed by atoms with van der Waals surface area (Å²) in [5.41, 5.74) is -2.46. The Morgan fingerprint density at radius 1 is 1.23 bits per heavy atom. The van der Waals surface area contributed by atoms with Crippen LogP contribution in [0.3, 0.4) is 0 Å². The van der Waals surface area contributed by atoms with Crippen LogP contribution in [-0.4, -0.2) is 64.2 Å². The maximum absolute atomic E-state index is 13.0. The third-order valence-corrected chi connectivity index (χ3v) is 6.91. The number of hydrogen-bond acceptors (Lipinski definition) is 9. The highest BCUT2D eigenvalue weighted by molar-refractivity contribution is 6.20. The van der Waals surface area contributed by atoms with E-state index in [-0.39, 0.29) is 17.4 Å². The molecule has 0 aliphatic carbocycles. The first kappa shape index (κ1) is 29.7. The number of alkyl halides is 3. The Bertz CT molecular complexity index is 1520. The highest BCUT2D eigenvalue weighted by Gasteiger charge is 2.39. The largest absolute Gasteiger partial charge is 0.487 e. The number of terminal acetylenes is 1. The van der Waals surface area contributed by atoms with Gasteiger partial charge in [-0.3, -0.25) is 9.89 Å². The fourth-order valence-corrected chi connectivity index (χ4v) is 4.71. The molecule has 2 aromatic heterocycles. The number of rotatable bonds is 12. The summed E-state index contributed by atoms with van der Waals surface area (Å²) in [6.45, 7) is 1.34. The van der Waals surface area contributed by atoms with Gasteiger partial charge in [-0.15, -0.1) is 21.1 Å². The molecule has 5 rings (SSSR count). The molecule has 2 aliphatic rings. The number of ether oxygens (including phenoxy) is 2. The van der Waals surface area contributed by atoms with Crippen LogP contribution in [-0.2, 0) is 4.74 Å². The molecule has 3 N–H and O–H groups in total. The number of nitrogens with zero attached hydrogens (tertiary/aromatic N) is 5. The van der Waals surface area contributed by atoms with Crippen LogP contribution in [0.4, 0.5) is 25.1 Å². The number of aromatic amines is 1. The van der Waals surface area contributed by atoms with Crippen LogP contribution in [0.5, 0.6) is 5.75 Å². The van der Waals surface area contributed by atoms with Gasteiger partial charge in [0, 0.05) is 74.0 Å². The first-order valence-corrected chi connectivity index (χ1v) is 13.7. The lowest BCUT2D eigenvalue weighted by Gasteiger charge is -2.21. The first-order valence-electron chi connectivity index (χ1n) is 13.4. The number of benzene rings is 1. The molecule has 4 heterocycles. The number of carbonyl (C=O) groups excluding carboxylic acids is 2. The van der Waals surface area contributed by atoms with Crippen LogP contribution in [0, 0.1) is 12.3 Å². The smallest absolute Gasteiger partial charge is 0.444 e. The molecule has 224 valence electrons. The lowest BCUT2D eigenvalue weighted by molar-refractivity contribution is -0.0964. The van der Waals surface area contributed by atoms with Crippen molar-refractivity contribution < 1.29 is 27.8 Å². The van der Waals surface area contributed by atoms with Gasteiger partial charge >= 0.3 is 11.7 Å². The van der Waals surface area contributed by atoms with Crippen molar-refractivity contribution in [3.63, 3.8) is 0 Å². The summed E-state index contributed by atoms with van der Waals surface area (Å²) >= 11 is 4.79. The van der Waals surface area contributed by atoms with E-state index in [9.17, 15) is 18.4 Å². The molecule has 3 aromatic rings. The van der Waals surface area contributed by atoms with E-state index in [2.05, 4.69) is 46.7 Å². The fourth-order valence-electron chi connectivity index (χ4n) is 4.62. The molecule has 0 spiro atoms. The molecule has 0 bridgehead atoms. The van der Waals surface area contributed by atoms with Crippen molar-refractivity contribution in [3.05, 3.63) is 54.4 Å². The SMILES string of the molecule is C#CCCC1(CCNC(=O)O[C@@H]2CCN(c3ncc(C(=O)Nc4ccc(OC(F)(F)Cl)cc4)cc3-c3ccn[nH]3)C2)N=N1. The first-order chi connectivity index (χ1) is 20.6. The molecule has 1 aromatic carbocycles. The standard InChI is InChI=1S/C28H27ClF2N8O4/c1-2-3-10-27(37-38-27)11-13-32-26(41)42-21-9-14-39(17-21)24-22(23-8-12-34-36-23)15-18(16-33-24)25(40)35-19-4-6-20(7-5-19)43-28(29,30)31/h1,4-8,12,15-16,21H,3,9-11,13-14,17H2,(H,32,41)(H,34,36)(H,35,40)/t21-/m1/s1. The van der Waals surface area contributed by atoms with E-state index >= 15 is 0 Å². The molecule has 0 saturated carbocycles. The van der Waals surface area contributed by atoms with Gasteiger partial charge in [0.15, 0.2) is 5.66 Å². The van der Waals surface area contributed by atoms with Crippen molar-refractivity contribution in [3.8, 4) is 29.4 Å². The van der Waals surface area contributed by atoms with Gasteiger partial charge in [-0.2, -0.15) is 15.3 Å². The quantitative estimate of drug-likeness (QED) is 0.189. The Labute approximate surface area is 250 Å². The number of amides is 2. The van der Waals surface area contributed by atoms with Gasteiger partial charge in [0.1, 0.15) is 17.7 Å². The van der Waals surface area contributed by atoms with E-state index in [1.165, 1.54) is 30.5 Å². The number of carbonyl (C=O) groups is 2. The van der Waals surface area contributed by atoms with E-state index in [0.29, 0.717) is 68.1 Å². The topological polar surface area (TPSA) is 146 Å². The fraction of sp³-hybridized carbons (Fsp3) is 0.357. The Morgan fingerprint density at radius 2 is 2.02 bits per heavy atom. The number of aromatic nitrogens is 3. The number of hydrogen-bond donors (Lipinski definition) is 3. The Kier molecular flexibility index (Phi) is 8.72. The molecule has 0 radical (unpaired) electrons. The van der Waals surface area contributed by atoms with Gasteiger partial charge in [0.2, 0.25) is 0 Å². The second kappa shape index (κ2) is 12.6. The summed E-state index contributed by atoms with van der Waals surface area (Å²) in [6.07, 6.45) is 9.81. The summed E-state index contributed by atoms with van der Waals surface area (Å²) in [6, 6.07) is 8.74. The third kappa shape index (κ3) is 7.95. The molecular weight excluding hydrogens is 586 g/mol. The molecule has 43 heavy (non-hydrogen) atoms. The summed E-state index contributed by atoms with van der Waals surface area (Å²) in [5, 5.41) is 20.5. The van der Waals surface area contributed by atoms with Gasteiger partial charge in [-0.25, -0.2) is 9.78 Å². The Hall–Kier alpha value is -4.77. The van der Waals surface area contributed by atoms with Crippen LogP contribution in [0.1, 0.15) is 36.0 Å². The molecule has 15 heteroatoms. The van der Waals surface area contributed by atoms with E-state index < -0.39 is 23.2 Å². The van der Waals surface area contributed by atoms with E-state index in [4.69, 9.17) is 22.8 Å². The van der Waals surface area contributed by atoms with Gasteiger partial charge in [-0.05, 0) is 36.4 Å². The second-order valence-corrected chi connectivity index (χ2v) is 10.4. The highest BCUT2D eigenvalue weighted by atomic mass is 35.5. The van der Waals surface area contributed by atoms with Gasteiger partial charge in [0.25, 0.3) is 5.91 Å². The van der Waals surface area contributed by atoms with Gasteiger partial charge in [0.05, 0.1) is 17.8 Å². The summed E-state index contributed by atoms with van der Waals surface area (Å²) in [7, 11) is 0. The number of H-pyrrole nitrogens is 1. The summed E-state index contributed by atoms with van der Waals surface area (Å²) < 4.78 is 35.6. The number of anilines is 2. The predicted octanol–water partition coefficient (Wildman–Crippen LogP) is 5.16. The minimum atomic E-state index is -3.84. The molecule has 1 atom stereocenters. The van der Waals surface area contributed by atoms with Crippen LogP contribution in [0.25, 0.3) is 11.3 Å². The summed E-state index contributed by atoms with van der Waals surface area (Å²) in [4.78, 5) is 31.9. The predicted molar refractivity (Wildman–Crippen MR) is 153 cm³/mol. The molecule has 2 aliphatic heterocycles. The number of nitrogens with one attached hydrogen (secondary N) is 3. The monoisotopic (exact) mass is 612 g/mol. The van der Waals surface area contributed by atoms with Crippen molar-refractivity contribution in [2.24, 2.45) is 10.2 Å². The van der Waals surface area contributed by atoms with Crippen LogP contribution in [0.15, 0.2) is 59.0 Å². The van der Waals surface area contributed by atoms with Crippen molar-refractivity contribution in [2.75, 3.05) is 29.9 Å². The number of pyridine rings is 1. The second-order valence-electron chi connectivity index (χ2n) is 9.92. The molecule has 1 saturated heterocycles. The zero-order valence-electron chi connectivity index (χ0n) is 22.7. The normalized spacial score (nSPS) is 16.8. The molecule has 2 amide bonds. The van der Waals surface area contributed by atoms with Crippen LogP contribution < -0.4 is 20.3 Å². The van der Waals surface area contributed by atoms with Crippen molar-refractivity contribution >= 4 is 35.1 Å². The molecule has 12 nitrogen and oxygen atoms in total. The zero-order chi connectivity index (χ0) is 30.5. The Balaban J connectivity index is 1.19. The lowest BCUT2D eigenvalue weighted by atomic mass is 10.0. The van der Waals surface area contributed by atoms with Crippen LogP contribution in [0.2, 0.25) is 0 Å². The minimum Gasteiger partial charge on any atom is -0.444 e. The van der Waals surface area contributed by atoms with E-state index in [1.807, 2.05) is 4.90 Å². The van der Waals surface area contributed by atoms with E-state index in [0.717, 1.165) is 0 Å². The highest BCUT2D eigenvalue weighted by Crippen LogP contribution is 2.36. The molecule has 1 fully saturated rings. The average molecular weight is 613 g/mol. The maximum Gasteiger partial charge on any atom is 0.487 e. The van der Waals surface area contributed by atoms with Gasteiger partial charge < -0.3 is 25.0 Å². The minimum absolute atomic E-state index is 0.162. The average Bonchev–Trinajstić information content (AvgIpc) is 3.32. The van der Waals surface area contributed by atoms with Crippen molar-refractivity contribution in [1.29, 1.82) is 0 Å².